The average Bonchev–Trinajstić information content (AvgIpc) is 2.99. The molecule has 0 spiro atoms. The molecular weight excluding hydrogens is 378 g/mol. The first-order chi connectivity index (χ1) is 13.4. The summed E-state index contributed by atoms with van der Waals surface area (Å²) >= 11 is 0. The van der Waals surface area contributed by atoms with Gasteiger partial charge in [-0.2, -0.15) is 4.31 Å². The molecule has 0 radical (unpaired) electrons. The molecule has 0 unspecified atom stereocenters. The third-order valence-electron chi connectivity index (χ3n) is 5.61. The fourth-order valence-electron chi connectivity index (χ4n) is 3.78. The SMILES string of the molecule is Cc1ccc(NC(=O)[C@@H](C)N2CCCCCC2)cc1S(=O)(=O)N1CCOCC1. The molecule has 0 bridgehead atoms. The zero-order valence-corrected chi connectivity index (χ0v) is 17.6. The van der Waals surface area contributed by atoms with E-state index in [1.54, 1.807) is 25.1 Å². The lowest BCUT2D eigenvalue weighted by Gasteiger charge is -2.27. The van der Waals surface area contributed by atoms with Crippen molar-refractivity contribution in [2.45, 2.75) is 50.5 Å². The van der Waals surface area contributed by atoms with E-state index in [1.165, 1.54) is 17.1 Å². The van der Waals surface area contributed by atoms with Crippen LogP contribution in [0.1, 0.15) is 38.2 Å². The van der Waals surface area contributed by atoms with Gasteiger partial charge >= 0.3 is 0 Å². The summed E-state index contributed by atoms with van der Waals surface area (Å²) in [6.45, 7) is 7.07. The molecule has 1 aromatic rings. The molecule has 2 heterocycles. The van der Waals surface area contributed by atoms with E-state index in [2.05, 4.69) is 10.2 Å². The Morgan fingerprint density at radius 1 is 1.07 bits per heavy atom. The fraction of sp³-hybridized carbons (Fsp3) is 0.650. The van der Waals surface area contributed by atoms with Crippen molar-refractivity contribution in [1.29, 1.82) is 0 Å². The van der Waals surface area contributed by atoms with E-state index in [0.29, 0.717) is 37.6 Å². The molecule has 1 atom stereocenters. The lowest BCUT2D eigenvalue weighted by atomic mass is 10.2. The van der Waals surface area contributed by atoms with Crippen LogP contribution in [0.3, 0.4) is 0 Å². The van der Waals surface area contributed by atoms with Crippen LogP contribution < -0.4 is 5.32 Å². The van der Waals surface area contributed by atoms with Crippen molar-refractivity contribution in [3.63, 3.8) is 0 Å². The van der Waals surface area contributed by atoms with Gasteiger partial charge in [-0.25, -0.2) is 8.42 Å². The molecule has 28 heavy (non-hydrogen) atoms. The van der Waals surface area contributed by atoms with E-state index in [-0.39, 0.29) is 16.8 Å². The molecule has 0 aromatic heterocycles. The van der Waals surface area contributed by atoms with Crippen molar-refractivity contribution in [2.24, 2.45) is 0 Å². The number of anilines is 1. The van der Waals surface area contributed by atoms with Gasteiger partial charge < -0.3 is 10.1 Å². The third-order valence-corrected chi connectivity index (χ3v) is 7.65. The van der Waals surface area contributed by atoms with Gasteiger partial charge in [-0.1, -0.05) is 18.9 Å². The minimum Gasteiger partial charge on any atom is -0.379 e. The number of morpholine rings is 1. The average molecular weight is 410 g/mol. The molecule has 3 rings (SSSR count). The lowest BCUT2D eigenvalue weighted by Crippen LogP contribution is -2.42. The Morgan fingerprint density at radius 2 is 1.71 bits per heavy atom. The number of carbonyl (C=O) groups excluding carboxylic acids is 1. The molecule has 2 fully saturated rings. The Kier molecular flexibility index (Phi) is 7.09. The van der Waals surface area contributed by atoms with Gasteiger partial charge in [-0.15, -0.1) is 0 Å². The van der Waals surface area contributed by atoms with Gasteiger partial charge in [0.1, 0.15) is 0 Å². The third kappa shape index (κ3) is 4.92. The summed E-state index contributed by atoms with van der Waals surface area (Å²) < 4.78 is 32.7. The number of aryl methyl sites for hydroxylation is 1. The molecule has 2 aliphatic heterocycles. The van der Waals surface area contributed by atoms with Crippen molar-refractivity contribution >= 4 is 21.6 Å². The van der Waals surface area contributed by atoms with Crippen LogP contribution in [0.5, 0.6) is 0 Å². The van der Waals surface area contributed by atoms with E-state index in [0.717, 1.165) is 25.9 Å². The molecule has 156 valence electrons. The number of ether oxygens (including phenoxy) is 1. The molecule has 1 aromatic carbocycles. The summed E-state index contributed by atoms with van der Waals surface area (Å²) in [7, 11) is -3.60. The van der Waals surface area contributed by atoms with Crippen LogP contribution >= 0.6 is 0 Å². The maximum absolute atomic E-state index is 13.0. The zero-order chi connectivity index (χ0) is 20.1. The molecule has 0 aliphatic carbocycles. The van der Waals surface area contributed by atoms with Gasteiger partial charge in [0.25, 0.3) is 0 Å². The van der Waals surface area contributed by atoms with Crippen molar-refractivity contribution in [1.82, 2.24) is 9.21 Å². The van der Waals surface area contributed by atoms with Crippen LogP contribution in [-0.2, 0) is 19.6 Å². The molecule has 0 saturated carbocycles. The zero-order valence-electron chi connectivity index (χ0n) is 16.8. The first-order valence-electron chi connectivity index (χ1n) is 10.1. The van der Waals surface area contributed by atoms with Crippen LogP contribution in [0.4, 0.5) is 5.69 Å². The van der Waals surface area contributed by atoms with E-state index >= 15 is 0 Å². The smallest absolute Gasteiger partial charge is 0.243 e. The number of nitrogens with zero attached hydrogens (tertiary/aromatic N) is 2. The summed E-state index contributed by atoms with van der Waals surface area (Å²) in [6.07, 6.45) is 4.66. The van der Waals surface area contributed by atoms with Gasteiger partial charge in [0.2, 0.25) is 15.9 Å². The van der Waals surface area contributed by atoms with E-state index in [1.807, 2.05) is 6.92 Å². The van der Waals surface area contributed by atoms with Crippen molar-refractivity contribution < 1.29 is 17.9 Å². The highest BCUT2D eigenvalue weighted by Crippen LogP contribution is 2.25. The second-order valence-electron chi connectivity index (χ2n) is 7.61. The summed E-state index contributed by atoms with van der Waals surface area (Å²) in [5.74, 6) is -0.0968. The van der Waals surface area contributed by atoms with E-state index in [9.17, 15) is 13.2 Å². The molecule has 2 aliphatic rings. The van der Waals surface area contributed by atoms with Crippen molar-refractivity contribution in [3.05, 3.63) is 23.8 Å². The highest BCUT2D eigenvalue weighted by molar-refractivity contribution is 7.89. The van der Waals surface area contributed by atoms with Crippen LogP contribution in [0, 0.1) is 6.92 Å². The second-order valence-corrected chi connectivity index (χ2v) is 9.52. The molecule has 1 N–H and O–H groups in total. The minimum atomic E-state index is -3.60. The van der Waals surface area contributed by atoms with Crippen LogP contribution in [0.25, 0.3) is 0 Å². The number of likely N-dealkylation sites (tertiary alicyclic amines) is 1. The largest absolute Gasteiger partial charge is 0.379 e. The Bertz CT molecular complexity index is 783. The standard InChI is InChI=1S/C20H31N3O4S/c1-16-7-8-18(15-19(16)28(25,26)23-11-13-27-14-12-23)21-20(24)17(2)22-9-5-3-4-6-10-22/h7-8,15,17H,3-6,9-14H2,1-2H3,(H,21,24)/t17-/m1/s1. The molecule has 2 saturated heterocycles. The number of carbonyl (C=O) groups is 1. The maximum Gasteiger partial charge on any atom is 0.243 e. The molecular formula is C20H31N3O4S. The van der Waals surface area contributed by atoms with Gasteiger partial charge in [-0.3, -0.25) is 9.69 Å². The number of hydrogen-bond donors (Lipinski definition) is 1. The number of sulfonamides is 1. The van der Waals surface area contributed by atoms with Crippen molar-refractivity contribution in [3.8, 4) is 0 Å². The fourth-order valence-corrected chi connectivity index (χ4v) is 5.44. The number of rotatable bonds is 5. The van der Waals surface area contributed by atoms with Crippen LogP contribution in [0.2, 0.25) is 0 Å². The Morgan fingerprint density at radius 3 is 2.36 bits per heavy atom. The van der Waals surface area contributed by atoms with Gasteiger partial charge in [-0.05, 0) is 57.5 Å². The Balaban J connectivity index is 1.74. The van der Waals surface area contributed by atoms with Gasteiger partial charge in [0, 0.05) is 18.8 Å². The number of amides is 1. The highest BCUT2D eigenvalue weighted by atomic mass is 32.2. The quantitative estimate of drug-likeness (QED) is 0.807. The van der Waals surface area contributed by atoms with Crippen molar-refractivity contribution in [2.75, 3.05) is 44.7 Å². The van der Waals surface area contributed by atoms with Gasteiger partial charge in [0.05, 0.1) is 24.2 Å². The van der Waals surface area contributed by atoms with E-state index < -0.39 is 10.0 Å². The monoisotopic (exact) mass is 409 g/mol. The molecule has 1 amide bonds. The molecule has 7 nitrogen and oxygen atoms in total. The second kappa shape index (κ2) is 9.35. The Labute approximate surface area is 168 Å². The highest BCUT2D eigenvalue weighted by Gasteiger charge is 2.28. The van der Waals surface area contributed by atoms with Crippen LogP contribution in [0.15, 0.2) is 23.1 Å². The summed E-state index contributed by atoms with van der Waals surface area (Å²) in [6, 6.07) is 4.85. The minimum absolute atomic E-state index is 0.0968. The predicted octanol–water partition coefficient (Wildman–Crippen LogP) is 2.22. The first kappa shape index (κ1) is 21.2. The van der Waals surface area contributed by atoms with E-state index in [4.69, 9.17) is 4.74 Å². The predicted molar refractivity (Wildman–Crippen MR) is 109 cm³/mol. The van der Waals surface area contributed by atoms with Crippen LogP contribution in [-0.4, -0.2) is 69.0 Å². The lowest BCUT2D eigenvalue weighted by molar-refractivity contribution is -0.120. The number of hydrogen-bond acceptors (Lipinski definition) is 5. The van der Waals surface area contributed by atoms with Gasteiger partial charge in [0.15, 0.2) is 0 Å². The number of nitrogens with one attached hydrogen (secondary N) is 1. The first-order valence-corrected chi connectivity index (χ1v) is 11.6. The summed E-state index contributed by atoms with van der Waals surface area (Å²) in [5.41, 5.74) is 1.19. The maximum atomic E-state index is 13.0. The Hall–Kier alpha value is -1.48. The molecule has 8 heteroatoms. The topological polar surface area (TPSA) is 79.0 Å². The summed E-state index contributed by atoms with van der Waals surface area (Å²) in [4.78, 5) is 15.2. The normalized spacial score (nSPS) is 21.1. The summed E-state index contributed by atoms with van der Waals surface area (Å²) in [5, 5.41) is 2.91. The number of benzene rings is 1.